The summed E-state index contributed by atoms with van der Waals surface area (Å²) in [6.07, 6.45) is 1.04. The minimum Gasteiger partial charge on any atom is -0.480 e. The Kier molecular flexibility index (Phi) is 5.79. The number of aliphatic carboxylic acids is 1. The molecule has 2 unspecified atom stereocenters. The van der Waals surface area contributed by atoms with Gasteiger partial charge in [0.05, 0.1) is 13.0 Å². The van der Waals surface area contributed by atoms with Crippen LogP contribution in [-0.2, 0) is 14.3 Å². The second kappa shape index (κ2) is 7.12. The monoisotopic (exact) mass is 286 g/mol. The van der Waals surface area contributed by atoms with E-state index in [0.29, 0.717) is 19.4 Å². The Morgan fingerprint density at radius 1 is 1.40 bits per heavy atom. The van der Waals surface area contributed by atoms with Gasteiger partial charge in [0.25, 0.3) is 0 Å². The van der Waals surface area contributed by atoms with Crippen molar-refractivity contribution in [2.45, 2.75) is 32.7 Å². The molecule has 0 aliphatic carbocycles. The Balaban J connectivity index is 2.61. The zero-order valence-corrected chi connectivity index (χ0v) is 12.1. The van der Waals surface area contributed by atoms with Crippen LogP contribution in [0.2, 0.25) is 0 Å². The fraction of sp³-hybridized carbons (Fsp3) is 0.769. The Labute approximate surface area is 118 Å². The highest BCUT2D eigenvalue weighted by atomic mass is 16.5. The molecule has 2 N–H and O–H groups in total. The van der Waals surface area contributed by atoms with E-state index in [0.717, 1.165) is 0 Å². The van der Waals surface area contributed by atoms with E-state index in [9.17, 15) is 14.4 Å². The average molecular weight is 286 g/mol. The third-order valence-corrected chi connectivity index (χ3v) is 3.58. The molecule has 1 fully saturated rings. The van der Waals surface area contributed by atoms with Crippen LogP contribution in [0.25, 0.3) is 0 Å². The molecule has 2 amide bonds. The summed E-state index contributed by atoms with van der Waals surface area (Å²) in [5, 5.41) is 11.5. The molecule has 7 nitrogen and oxygen atoms in total. The van der Waals surface area contributed by atoms with Gasteiger partial charge in [-0.05, 0) is 12.3 Å². The maximum Gasteiger partial charge on any atom is 0.326 e. The van der Waals surface area contributed by atoms with E-state index in [4.69, 9.17) is 9.84 Å². The van der Waals surface area contributed by atoms with Gasteiger partial charge in [0, 0.05) is 13.1 Å². The smallest absolute Gasteiger partial charge is 0.326 e. The largest absolute Gasteiger partial charge is 0.480 e. The Hall–Kier alpha value is -1.79. The average Bonchev–Trinajstić information content (AvgIpc) is 2.79. The Bertz CT molecular complexity index is 385. The number of nitrogens with one attached hydrogen (secondary N) is 1. The van der Waals surface area contributed by atoms with Crippen molar-refractivity contribution in [3.8, 4) is 0 Å². The van der Waals surface area contributed by atoms with E-state index in [1.165, 1.54) is 12.0 Å². The number of ether oxygens (including phenoxy) is 1. The number of rotatable bonds is 5. The van der Waals surface area contributed by atoms with Crippen molar-refractivity contribution < 1.29 is 24.2 Å². The van der Waals surface area contributed by atoms with Gasteiger partial charge in [-0.15, -0.1) is 0 Å². The first kappa shape index (κ1) is 16.3. The highest BCUT2D eigenvalue weighted by Gasteiger charge is 2.38. The molecule has 0 aromatic heterocycles. The van der Waals surface area contributed by atoms with Gasteiger partial charge in [0.2, 0.25) is 0 Å². The number of hydrogen-bond donors (Lipinski definition) is 2. The lowest BCUT2D eigenvalue weighted by Crippen LogP contribution is -2.47. The van der Waals surface area contributed by atoms with Gasteiger partial charge in [0.1, 0.15) is 6.04 Å². The Morgan fingerprint density at radius 3 is 2.55 bits per heavy atom. The van der Waals surface area contributed by atoms with Crippen molar-refractivity contribution in [3.05, 3.63) is 0 Å². The standard InChI is InChI=1S/C13H22N2O5/c1-4-5-10(11(16)17)14-13(19)15-6-8(2)9(7-15)12(18)20-3/h8-10H,4-7H2,1-3H3,(H,14,19)(H,16,17)/t8?,9?,10-/m0/s1. The van der Waals surface area contributed by atoms with Crippen LogP contribution in [0.4, 0.5) is 4.79 Å². The molecule has 0 bridgehead atoms. The molecule has 0 saturated carbocycles. The topological polar surface area (TPSA) is 95.9 Å². The van der Waals surface area contributed by atoms with Gasteiger partial charge in [0.15, 0.2) is 0 Å². The number of carboxylic acids is 1. The third-order valence-electron chi connectivity index (χ3n) is 3.58. The molecule has 1 rings (SSSR count). The van der Waals surface area contributed by atoms with Crippen molar-refractivity contribution in [1.82, 2.24) is 10.2 Å². The zero-order valence-electron chi connectivity index (χ0n) is 12.1. The first-order chi connectivity index (χ1) is 9.40. The highest BCUT2D eigenvalue weighted by Crippen LogP contribution is 2.24. The number of carbonyl (C=O) groups is 3. The predicted molar refractivity (Wildman–Crippen MR) is 71.1 cm³/mol. The normalized spacial score (nSPS) is 23.2. The summed E-state index contributed by atoms with van der Waals surface area (Å²) in [5.41, 5.74) is 0. The number of amides is 2. The predicted octanol–water partition coefficient (Wildman–Crippen LogP) is 0.690. The lowest BCUT2D eigenvalue weighted by atomic mass is 9.99. The number of urea groups is 1. The third kappa shape index (κ3) is 3.85. The summed E-state index contributed by atoms with van der Waals surface area (Å²) in [6, 6.07) is -1.33. The van der Waals surface area contributed by atoms with Gasteiger partial charge >= 0.3 is 18.0 Å². The van der Waals surface area contributed by atoms with Gasteiger partial charge in [-0.1, -0.05) is 20.3 Å². The quantitative estimate of drug-likeness (QED) is 0.725. The second-order valence-electron chi connectivity index (χ2n) is 5.14. The van der Waals surface area contributed by atoms with E-state index in [2.05, 4.69) is 5.32 Å². The summed E-state index contributed by atoms with van der Waals surface area (Å²) in [6.45, 7) is 4.41. The summed E-state index contributed by atoms with van der Waals surface area (Å²) >= 11 is 0. The molecule has 114 valence electrons. The zero-order chi connectivity index (χ0) is 15.3. The van der Waals surface area contributed by atoms with Crippen LogP contribution in [-0.4, -0.2) is 54.2 Å². The number of esters is 1. The molecule has 0 radical (unpaired) electrons. The molecule has 1 aliphatic rings. The van der Waals surface area contributed by atoms with Crippen LogP contribution in [0.1, 0.15) is 26.7 Å². The van der Waals surface area contributed by atoms with Gasteiger partial charge in [-0.3, -0.25) is 4.79 Å². The van der Waals surface area contributed by atoms with E-state index < -0.39 is 18.0 Å². The molecule has 7 heteroatoms. The van der Waals surface area contributed by atoms with Crippen LogP contribution >= 0.6 is 0 Å². The maximum atomic E-state index is 12.0. The minimum absolute atomic E-state index is 0.00246. The lowest BCUT2D eigenvalue weighted by molar-refractivity contribution is -0.146. The molecular formula is C13H22N2O5. The van der Waals surface area contributed by atoms with Crippen molar-refractivity contribution in [2.75, 3.05) is 20.2 Å². The first-order valence-electron chi connectivity index (χ1n) is 6.76. The molecule has 1 aliphatic heterocycles. The highest BCUT2D eigenvalue weighted by molar-refractivity contribution is 5.83. The minimum atomic E-state index is -1.04. The number of carboxylic acid groups (broad SMARTS) is 1. The van der Waals surface area contributed by atoms with Crippen LogP contribution in [0.15, 0.2) is 0 Å². The molecule has 3 atom stereocenters. The van der Waals surface area contributed by atoms with E-state index in [1.807, 2.05) is 13.8 Å². The molecule has 1 saturated heterocycles. The van der Waals surface area contributed by atoms with Crippen LogP contribution in [0.5, 0.6) is 0 Å². The fourth-order valence-electron chi connectivity index (χ4n) is 2.38. The first-order valence-corrected chi connectivity index (χ1v) is 6.76. The fourth-order valence-corrected chi connectivity index (χ4v) is 2.38. The summed E-state index contributed by atoms with van der Waals surface area (Å²) < 4.78 is 4.70. The lowest BCUT2D eigenvalue weighted by Gasteiger charge is -2.20. The number of likely N-dealkylation sites (tertiary alicyclic amines) is 1. The molecule has 1 heterocycles. The number of hydrogen-bond acceptors (Lipinski definition) is 4. The molecule has 20 heavy (non-hydrogen) atoms. The van der Waals surface area contributed by atoms with Crippen molar-refractivity contribution in [3.63, 3.8) is 0 Å². The second-order valence-corrected chi connectivity index (χ2v) is 5.14. The van der Waals surface area contributed by atoms with Crippen LogP contribution < -0.4 is 5.32 Å². The summed E-state index contributed by atoms with van der Waals surface area (Å²) in [4.78, 5) is 36.1. The maximum absolute atomic E-state index is 12.0. The summed E-state index contributed by atoms with van der Waals surface area (Å²) in [7, 11) is 1.32. The molecule has 0 spiro atoms. The van der Waals surface area contributed by atoms with E-state index >= 15 is 0 Å². The molecule has 0 aromatic rings. The molecule has 0 aromatic carbocycles. The van der Waals surface area contributed by atoms with Crippen molar-refractivity contribution in [1.29, 1.82) is 0 Å². The van der Waals surface area contributed by atoms with Gasteiger partial charge in [-0.2, -0.15) is 0 Å². The van der Waals surface area contributed by atoms with Gasteiger partial charge < -0.3 is 20.1 Å². The number of nitrogens with zero attached hydrogens (tertiary/aromatic N) is 1. The van der Waals surface area contributed by atoms with Crippen molar-refractivity contribution in [2.24, 2.45) is 11.8 Å². The Morgan fingerprint density at radius 2 is 2.05 bits per heavy atom. The number of carbonyl (C=O) groups excluding carboxylic acids is 2. The van der Waals surface area contributed by atoms with Crippen LogP contribution in [0.3, 0.4) is 0 Å². The SMILES string of the molecule is CCC[C@H](NC(=O)N1CC(C)C(C(=O)OC)C1)C(=O)O. The number of methoxy groups -OCH3 is 1. The van der Waals surface area contributed by atoms with Crippen LogP contribution in [0, 0.1) is 11.8 Å². The van der Waals surface area contributed by atoms with Crippen molar-refractivity contribution >= 4 is 18.0 Å². The van der Waals surface area contributed by atoms with E-state index in [-0.39, 0.29) is 24.3 Å². The van der Waals surface area contributed by atoms with Gasteiger partial charge in [-0.25, -0.2) is 9.59 Å². The summed E-state index contributed by atoms with van der Waals surface area (Å²) in [5.74, 6) is -1.73. The molecular weight excluding hydrogens is 264 g/mol. The van der Waals surface area contributed by atoms with E-state index in [1.54, 1.807) is 0 Å².